The molecule has 10 heavy (non-hydrogen) atoms. The molecule has 0 aromatic rings. The third-order valence-electron chi connectivity index (χ3n) is 2.39. The fourth-order valence-electron chi connectivity index (χ4n) is 2.05. The first-order chi connectivity index (χ1) is 4.72. The monoisotopic (exact) mass is 141 g/mol. The van der Waals surface area contributed by atoms with E-state index in [1.807, 2.05) is 0 Å². The Balaban J connectivity index is 2.35. The van der Waals surface area contributed by atoms with Crippen LogP contribution in [0.25, 0.3) is 0 Å². The fourth-order valence-corrected chi connectivity index (χ4v) is 2.05. The number of hydrogen-bond donors (Lipinski definition) is 0. The highest BCUT2D eigenvalue weighted by Gasteiger charge is 2.19. The minimum atomic E-state index is 0.920. The summed E-state index contributed by atoms with van der Waals surface area (Å²) in [4.78, 5) is 2.55. The fraction of sp³-hybridized carbons (Fsp3) is 1.00. The summed E-state index contributed by atoms with van der Waals surface area (Å²) in [5.74, 6) is 1.84. The van der Waals surface area contributed by atoms with E-state index in [0.717, 1.165) is 11.8 Å². The Labute approximate surface area is 64.4 Å². The molecule has 1 aliphatic rings. The van der Waals surface area contributed by atoms with Crippen LogP contribution in [0, 0.1) is 11.8 Å². The second kappa shape index (κ2) is 3.38. The van der Waals surface area contributed by atoms with Crippen LogP contribution in [0.1, 0.15) is 27.2 Å². The van der Waals surface area contributed by atoms with Gasteiger partial charge in [-0.3, -0.25) is 0 Å². The molecule has 0 aromatic carbocycles. The summed E-state index contributed by atoms with van der Waals surface area (Å²) in [6.45, 7) is 10.8. The molecule has 1 nitrogen and oxygen atoms in total. The standard InChI is InChI=1S/C9H19N/c1-4-10-6-8(2)5-9(3)7-10/h8-9H,4-7H2,1-3H3/t8-,9-/m0/s1. The minimum Gasteiger partial charge on any atom is -0.303 e. The lowest BCUT2D eigenvalue weighted by molar-refractivity contribution is 0.148. The highest BCUT2D eigenvalue weighted by molar-refractivity contribution is 4.73. The van der Waals surface area contributed by atoms with Gasteiger partial charge in [-0.25, -0.2) is 0 Å². The predicted molar refractivity (Wildman–Crippen MR) is 45.1 cm³/mol. The van der Waals surface area contributed by atoms with Crippen molar-refractivity contribution in [3.05, 3.63) is 0 Å². The van der Waals surface area contributed by atoms with Crippen LogP contribution in [0.4, 0.5) is 0 Å². The Morgan fingerprint density at radius 2 is 1.70 bits per heavy atom. The first kappa shape index (κ1) is 8.06. The van der Waals surface area contributed by atoms with Crippen molar-refractivity contribution >= 4 is 0 Å². The molecule has 1 aliphatic heterocycles. The van der Waals surface area contributed by atoms with E-state index in [1.54, 1.807) is 0 Å². The van der Waals surface area contributed by atoms with Crippen LogP contribution in [0.15, 0.2) is 0 Å². The highest BCUT2D eigenvalue weighted by Crippen LogP contribution is 2.19. The van der Waals surface area contributed by atoms with Gasteiger partial charge in [0.2, 0.25) is 0 Å². The number of nitrogens with zero attached hydrogens (tertiary/aromatic N) is 1. The zero-order valence-corrected chi connectivity index (χ0v) is 7.43. The zero-order chi connectivity index (χ0) is 7.56. The van der Waals surface area contributed by atoms with E-state index < -0.39 is 0 Å². The lowest BCUT2D eigenvalue weighted by Crippen LogP contribution is -2.38. The largest absolute Gasteiger partial charge is 0.303 e. The van der Waals surface area contributed by atoms with Crippen LogP contribution in [-0.4, -0.2) is 24.5 Å². The van der Waals surface area contributed by atoms with E-state index in [1.165, 1.54) is 26.1 Å². The Hall–Kier alpha value is -0.0400. The van der Waals surface area contributed by atoms with E-state index >= 15 is 0 Å². The van der Waals surface area contributed by atoms with Crippen molar-refractivity contribution in [3.8, 4) is 0 Å². The maximum atomic E-state index is 2.55. The van der Waals surface area contributed by atoms with Crippen LogP contribution in [0.5, 0.6) is 0 Å². The van der Waals surface area contributed by atoms with Gasteiger partial charge in [0.25, 0.3) is 0 Å². The van der Waals surface area contributed by atoms with Gasteiger partial charge in [-0.15, -0.1) is 0 Å². The van der Waals surface area contributed by atoms with Gasteiger partial charge in [0.1, 0.15) is 0 Å². The first-order valence-corrected chi connectivity index (χ1v) is 4.44. The molecule has 1 heterocycles. The molecule has 0 spiro atoms. The molecule has 1 fully saturated rings. The summed E-state index contributed by atoms with van der Waals surface area (Å²) in [5.41, 5.74) is 0. The van der Waals surface area contributed by atoms with Crippen molar-refractivity contribution in [1.82, 2.24) is 4.90 Å². The molecule has 0 aliphatic carbocycles. The van der Waals surface area contributed by atoms with Crippen LogP contribution in [-0.2, 0) is 0 Å². The number of hydrogen-bond acceptors (Lipinski definition) is 1. The summed E-state index contributed by atoms with van der Waals surface area (Å²) in [7, 11) is 0. The molecule has 2 atom stereocenters. The zero-order valence-electron chi connectivity index (χ0n) is 7.43. The van der Waals surface area contributed by atoms with E-state index in [9.17, 15) is 0 Å². The molecule has 0 unspecified atom stereocenters. The summed E-state index contributed by atoms with van der Waals surface area (Å²) in [5, 5.41) is 0. The first-order valence-electron chi connectivity index (χ1n) is 4.44. The summed E-state index contributed by atoms with van der Waals surface area (Å²) >= 11 is 0. The van der Waals surface area contributed by atoms with Crippen molar-refractivity contribution in [3.63, 3.8) is 0 Å². The number of piperidine rings is 1. The van der Waals surface area contributed by atoms with E-state index in [2.05, 4.69) is 25.7 Å². The number of rotatable bonds is 1. The van der Waals surface area contributed by atoms with E-state index in [-0.39, 0.29) is 0 Å². The van der Waals surface area contributed by atoms with Crippen molar-refractivity contribution in [2.45, 2.75) is 27.2 Å². The average molecular weight is 141 g/mol. The maximum absolute atomic E-state index is 2.55. The van der Waals surface area contributed by atoms with Gasteiger partial charge in [-0.2, -0.15) is 0 Å². The Morgan fingerprint density at radius 1 is 1.20 bits per heavy atom. The molecule has 1 rings (SSSR count). The Bertz CT molecular complexity index is 90.9. The smallest absolute Gasteiger partial charge is 0.000712 e. The van der Waals surface area contributed by atoms with Crippen LogP contribution in [0.2, 0.25) is 0 Å². The number of likely N-dealkylation sites (tertiary alicyclic amines) is 1. The van der Waals surface area contributed by atoms with Gasteiger partial charge in [0, 0.05) is 13.1 Å². The van der Waals surface area contributed by atoms with Gasteiger partial charge in [-0.1, -0.05) is 20.8 Å². The predicted octanol–water partition coefficient (Wildman–Crippen LogP) is 1.98. The van der Waals surface area contributed by atoms with E-state index in [0.29, 0.717) is 0 Å². The summed E-state index contributed by atoms with van der Waals surface area (Å²) in [6.07, 6.45) is 1.43. The topological polar surface area (TPSA) is 3.24 Å². The molecule has 0 amide bonds. The third-order valence-corrected chi connectivity index (χ3v) is 2.39. The normalized spacial score (nSPS) is 36.3. The lowest BCUT2D eigenvalue weighted by Gasteiger charge is -2.33. The average Bonchev–Trinajstić information content (AvgIpc) is 1.85. The van der Waals surface area contributed by atoms with Crippen LogP contribution >= 0.6 is 0 Å². The van der Waals surface area contributed by atoms with E-state index in [4.69, 9.17) is 0 Å². The van der Waals surface area contributed by atoms with Gasteiger partial charge in [-0.05, 0) is 24.8 Å². The molecular weight excluding hydrogens is 122 g/mol. The molecule has 0 N–H and O–H groups in total. The quantitative estimate of drug-likeness (QED) is 0.540. The van der Waals surface area contributed by atoms with Crippen LogP contribution < -0.4 is 0 Å². The SMILES string of the molecule is CCN1C[C@@H](C)C[C@H](C)C1. The molecule has 1 saturated heterocycles. The second-order valence-electron chi connectivity index (χ2n) is 3.80. The molecule has 0 saturated carbocycles. The van der Waals surface area contributed by atoms with Crippen molar-refractivity contribution in [1.29, 1.82) is 0 Å². The minimum absolute atomic E-state index is 0.920. The van der Waals surface area contributed by atoms with Gasteiger partial charge in [0.05, 0.1) is 0 Å². The maximum Gasteiger partial charge on any atom is 0.000712 e. The summed E-state index contributed by atoms with van der Waals surface area (Å²) in [6, 6.07) is 0. The van der Waals surface area contributed by atoms with Crippen molar-refractivity contribution in [2.75, 3.05) is 19.6 Å². The van der Waals surface area contributed by atoms with Crippen molar-refractivity contribution < 1.29 is 0 Å². The third kappa shape index (κ3) is 1.98. The van der Waals surface area contributed by atoms with Gasteiger partial charge in [0.15, 0.2) is 0 Å². The van der Waals surface area contributed by atoms with Crippen LogP contribution in [0.3, 0.4) is 0 Å². The van der Waals surface area contributed by atoms with Gasteiger partial charge < -0.3 is 4.90 Å². The lowest BCUT2D eigenvalue weighted by atomic mass is 9.92. The molecular formula is C9H19N. The highest BCUT2D eigenvalue weighted by atomic mass is 15.1. The molecule has 0 bridgehead atoms. The van der Waals surface area contributed by atoms with Crippen molar-refractivity contribution in [2.24, 2.45) is 11.8 Å². The molecule has 0 radical (unpaired) electrons. The Morgan fingerprint density at radius 3 is 2.10 bits per heavy atom. The molecule has 0 aromatic heterocycles. The molecule has 1 heteroatoms. The summed E-state index contributed by atoms with van der Waals surface area (Å²) < 4.78 is 0. The molecule has 60 valence electrons. The second-order valence-corrected chi connectivity index (χ2v) is 3.80. The van der Waals surface area contributed by atoms with Gasteiger partial charge >= 0.3 is 0 Å². The Kier molecular flexibility index (Phi) is 2.72.